The predicted molar refractivity (Wildman–Crippen MR) is 53.4 cm³/mol. The molecule has 0 radical (unpaired) electrons. The summed E-state index contributed by atoms with van der Waals surface area (Å²) < 4.78 is 0. The third-order valence-electron chi connectivity index (χ3n) is 2.15. The molecule has 6 nitrogen and oxygen atoms in total. The number of nitriles is 4. The van der Waals surface area contributed by atoms with Crippen molar-refractivity contribution in [3.8, 4) is 24.3 Å². The van der Waals surface area contributed by atoms with E-state index in [9.17, 15) is 0 Å². The zero-order valence-electron chi connectivity index (χ0n) is 9.10. The van der Waals surface area contributed by atoms with Gasteiger partial charge in [0.2, 0.25) is 0 Å². The molecular weight excluding hydrogens is 204 g/mol. The molecule has 0 amide bonds. The molecule has 0 saturated heterocycles. The number of hydrogen-bond acceptors (Lipinski definition) is 6. The molecule has 16 heavy (non-hydrogen) atoms. The first-order valence-corrected chi connectivity index (χ1v) is 4.66. The summed E-state index contributed by atoms with van der Waals surface area (Å²) >= 11 is 0. The molecule has 80 valence electrons. The third-order valence-corrected chi connectivity index (χ3v) is 2.15. The summed E-state index contributed by atoms with van der Waals surface area (Å²) in [7, 11) is 0. The fourth-order valence-electron chi connectivity index (χ4n) is 0.768. The second-order valence-electron chi connectivity index (χ2n) is 3.07. The molecule has 0 aromatic carbocycles. The molecular formula is C10H10N6. The van der Waals surface area contributed by atoms with E-state index in [-0.39, 0.29) is 12.8 Å². The first-order chi connectivity index (χ1) is 7.57. The summed E-state index contributed by atoms with van der Waals surface area (Å²) in [5, 5.41) is 42.3. The van der Waals surface area contributed by atoms with Gasteiger partial charge in [0.1, 0.15) is 24.3 Å². The minimum absolute atomic E-state index is 0.153. The van der Waals surface area contributed by atoms with Gasteiger partial charge in [0.25, 0.3) is 11.1 Å². The lowest BCUT2D eigenvalue weighted by Crippen LogP contribution is -2.24. The van der Waals surface area contributed by atoms with Crippen LogP contribution in [0.25, 0.3) is 0 Å². The van der Waals surface area contributed by atoms with Crippen LogP contribution in [0.4, 0.5) is 0 Å². The zero-order valence-corrected chi connectivity index (χ0v) is 9.10. The Hall–Kier alpha value is -2.44. The Morgan fingerprint density at radius 2 is 1.00 bits per heavy atom. The van der Waals surface area contributed by atoms with E-state index >= 15 is 0 Å². The van der Waals surface area contributed by atoms with Crippen LogP contribution in [0.3, 0.4) is 0 Å². The van der Waals surface area contributed by atoms with Gasteiger partial charge in [-0.05, 0) is 12.8 Å². The second kappa shape index (κ2) is 5.44. The molecule has 0 aliphatic rings. The summed E-state index contributed by atoms with van der Waals surface area (Å²) in [5.41, 5.74) is -3.21. The average molecular weight is 214 g/mol. The molecule has 0 fully saturated rings. The Morgan fingerprint density at radius 3 is 1.12 bits per heavy atom. The van der Waals surface area contributed by atoms with Gasteiger partial charge in [-0.15, -0.1) is 0 Å². The van der Waals surface area contributed by atoms with E-state index < -0.39 is 11.1 Å². The fourth-order valence-corrected chi connectivity index (χ4v) is 0.768. The molecule has 0 N–H and O–H groups in total. The molecule has 0 saturated carbocycles. The summed E-state index contributed by atoms with van der Waals surface area (Å²) in [5.74, 6) is 0. The standard InChI is InChI=1S/C10H10N6/c1-3-9(5-11,6-12)15-16-10(4-2,7-13)8-14/h3-4H2,1-2H3. The van der Waals surface area contributed by atoms with Gasteiger partial charge in [-0.3, -0.25) is 0 Å². The summed E-state index contributed by atoms with van der Waals surface area (Å²) in [6.45, 7) is 3.22. The summed E-state index contributed by atoms with van der Waals surface area (Å²) in [6, 6.07) is 6.88. The first kappa shape index (κ1) is 13.6. The molecule has 0 aliphatic heterocycles. The van der Waals surface area contributed by atoms with Gasteiger partial charge in [0, 0.05) is 0 Å². The summed E-state index contributed by atoms with van der Waals surface area (Å²) in [6.07, 6.45) is 0.306. The van der Waals surface area contributed by atoms with Crippen LogP contribution in [0.2, 0.25) is 0 Å². The summed E-state index contributed by atoms with van der Waals surface area (Å²) in [4.78, 5) is 0. The van der Waals surface area contributed by atoms with Crippen LogP contribution < -0.4 is 0 Å². The molecule has 0 heterocycles. The Kier molecular flexibility index (Phi) is 4.61. The minimum atomic E-state index is -1.60. The second-order valence-corrected chi connectivity index (χ2v) is 3.07. The molecule has 0 atom stereocenters. The lowest BCUT2D eigenvalue weighted by molar-refractivity contribution is 0.543. The van der Waals surface area contributed by atoms with E-state index in [0.29, 0.717) is 0 Å². The lowest BCUT2D eigenvalue weighted by Gasteiger charge is -2.12. The molecule has 0 unspecified atom stereocenters. The minimum Gasteiger partial charge on any atom is -0.194 e. The third kappa shape index (κ3) is 2.53. The molecule has 0 bridgehead atoms. The molecule has 0 aliphatic carbocycles. The van der Waals surface area contributed by atoms with E-state index in [4.69, 9.17) is 21.0 Å². The zero-order chi connectivity index (χ0) is 12.7. The first-order valence-electron chi connectivity index (χ1n) is 4.66. The van der Waals surface area contributed by atoms with Crippen molar-refractivity contribution < 1.29 is 0 Å². The van der Waals surface area contributed by atoms with Crippen LogP contribution in [0.1, 0.15) is 26.7 Å². The molecule has 6 heteroatoms. The van der Waals surface area contributed by atoms with E-state index in [1.165, 1.54) is 0 Å². The average Bonchev–Trinajstić information content (AvgIpc) is 2.37. The van der Waals surface area contributed by atoms with Gasteiger partial charge < -0.3 is 0 Å². The Morgan fingerprint density at radius 1 is 0.750 bits per heavy atom. The van der Waals surface area contributed by atoms with Crippen LogP contribution in [0.15, 0.2) is 10.2 Å². The topological polar surface area (TPSA) is 120 Å². The van der Waals surface area contributed by atoms with Gasteiger partial charge in [-0.1, -0.05) is 13.8 Å². The Balaban J connectivity index is 5.29. The normalized spacial score (nSPS) is 11.1. The number of azo groups is 1. The highest BCUT2D eigenvalue weighted by atomic mass is 15.2. The Bertz CT molecular complexity index is 366. The van der Waals surface area contributed by atoms with E-state index in [0.717, 1.165) is 0 Å². The SMILES string of the molecule is CCC(C#N)(C#N)N=NC(C#N)(C#N)CC. The highest BCUT2D eigenvalue weighted by Crippen LogP contribution is 2.20. The van der Waals surface area contributed by atoms with Crippen molar-refractivity contribution in [3.63, 3.8) is 0 Å². The molecule has 0 aromatic heterocycles. The van der Waals surface area contributed by atoms with Crippen LogP contribution >= 0.6 is 0 Å². The monoisotopic (exact) mass is 214 g/mol. The Labute approximate surface area is 94.0 Å². The number of rotatable bonds is 4. The van der Waals surface area contributed by atoms with Crippen molar-refractivity contribution in [3.05, 3.63) is 0 Å². The van der Waals surface area contributed by atoms with Gasteiger partial charge >= 0.3 is 0 Å². The highest BCUT2D eigenvalue weighted by Gasteiger charge is 2.32. The van der Waals surface area contributed by atoms with Crippen LogP contribution in [-0.2, 0) is 0 Å². The molecule has 0 aromatic rings. The quantitative estimate of drug-likeness (QED) is 0.662. The van der Waals surface area contributed by atoms with Gasteiger partial charge in [0.05, 0.1) is 0 Å². The van der Waals surface area contributed by atoms with Crippen molar-refractivity contribution in [2.75, 3.05) is 0 Å². The lowest BCUT2D eigenvalue weighted by atomic mass is 10.0. The fraction of sp³-hybridized carbons (Fsp3) is 0.600. The largest absolute Gasteiger partial charge is 0.251 e. The molecule has 0 spiro atoms. The highest BCUT2D eigenvalue weighted by molar-refractivity contribution is 5.24. The van der Waals surface area contributed by atoms with Crippen molar-refractivity contribution >= 4 is 0 Å². The van der Waals surface area contributed by atoms with Gasteiger partial charge in [-0.25, -0.2) is 0 Å². The number of nitrogens with zero attached hydrogens (tertiary/aromatic N) is 6. The van der Waals surface area contributed by atoms with Crippen molar-refractivity contribution in [2.24, 2.45) is 10.2 Å². The van der Waals surface area contributed by atoms with Gasteiger partial charge in [0.15, 0.2) is 0 Å². The maximum Gasteiger partial charge on any atom is 0.251 e. The number of hydrogen-bond donors (Lipinski definition) is 0. The van der Waals surface area contributed by atoms with Crippen LogP contribution in [-0.4, -0.2) is 11.1 Å². The van der Waals surface area contributed by atoms with Crippen LogP contribution in [0, 0.1) is 45.3 Å². The van der Waals surface area contributed by atoms with E-state index in [1.54, 1.807) is 38.1 Å². The van der Waals surface area contributed by atoms with Crippen LogP contribution in [0.5, 0.6) is 0 Å². The maximum atomic E-state index is 8.80. The smallest absolute Gasteiger partial charge is 0.194 e. The van der Waals surface area contributed by atoms with Crippen molar-refractivity contribution in [1.29, 1.82) is 21.0 Å². The maximum absolute atomic E-state index is 8.80. The van der Waals surface area contributed by atoms with Gasteiger partial charge in [-0.2, -0.15) is 31.3 Å². The molecule has 0 rings (SSSR count). The van der Waals surface area contributed by atoms with E-state index in [2.05, 4.69) is 10.2 Å². The van der Waals surface area contributed by atoms with Crippen molar-refractivity contribution in [2.45, 2.75) is 37.8 Å². The predicted octanol–water partition coefficient (Wildman–Crippen LogP) is 1.83. The van der Waals surface area contributed by atoms with Crippen molar-refractivity contribution in [1.82, 2.24) is 0 Å². The van der Waals surface area contributed by atoms with E-state index in [1.807, 2.05) is 0 Å².